The fourth-order valence-corrected chi connectivity index (χ4v) is 4.21. The highest BCUT2D eigenvalue weighted by molar-refractivity contribution is 6.31. The number of rotatable bonds is 6. The van der Waals surface area contributed by atoms with Crippen molar-refractivity contribution in [3.05, 3.63) is 119 Å². The van der Waals surface area contributed by atoms with Gasteiger partial charge in [0, 0.05) is 22.0 Å². The van der Waals surface area contributed by atoms with E-state index in [0.29, 0.717) is 17.2 Å². The van der Waals surface area contributed by atoms with Crippen molar-refractivity contribution in [2.75, 3.05) is 17.3 Å². The van der Waals surface area contributed by atoms with Gasteiger partial charge in [-0.2, -0.15) is 0 Å². The van der Waals surface area contributed by atoms with E-state index < -0.39 is 0 Å². The molecule has 0 radical (unpaired) electrons. The van der Waals surface area contributed by atoms with Gasteiger partial charge in [-0.25, -0.2) is 0 Å². The van der Waals surface area contributed by atoms with Crippen molar-refractivity contribution in [1.82, 2.24) is 0 Å². The van der Waals surface area contributed by atoms with E-state index >= 15 is 0 Å². The van der Waals surface area contributed by atoms with E-state index in [-0.39, 0.29) is 12.1 Å². The van der Waals surface area contributed by atoms with Crippen LogP contribution in [0.15, 0.2) is 97.1 Å². The molecule has 34 heavy (non-hydrogen) atoms. The Morgan fingerprint density at radius 3 is 2.26 bits per heavy atom. The van der Waals surface area contributed by atoms with Crippen LogP contribution in [0.25, 0.3) is 0 Å². The highest BCUT2D eigenvalue weighted by Gasteiger charge is 2.34. The van der Waals surface area contributed by atoms with Gasteiger partial charge in [-0.15, -0.1) is 0 Å². The standard InChI is InChI=1S/C28H23ClN2O3/c1-33-22-16-12-21(13-17-22)31-27(30-26-9-5-3-7-24(26)28(31)32)19-10-14-23(15-11-19)34-18-20-6-2-4-8-25(20)29/h2-17,27,30H,18H2,1H3/t27-/m0/s1. The molecular formula is C28H23ClN2O3. The Hall–Kier alpha value is -3.96. The number of hydrogen-bond donors (Lipinski definition) is 1. The van der Waals surface area contributed by atoms with Gasteiger partial charge in [0.25, 0.3) is 5.91 Å². The van der Waals surface area contributed by atoms with E-state index in [4.69, 9.17) is 21.1 Å². The van der Waals surface area contributed by atoms with Gasteiger partial charge in [-0.3, -0.25) is 9.69 Å². The van der Waals surface area contributed by atoms with Crippen molar-refractivity contribution in [1.29, 1.82) is 0 Å². The summed E-state index contributed by atoms with van der Waals surface area (Å²) in [6, 6.07) is 30.4. The zero-order valence-corrected chi connectivity index (χ0v) is 19.3. The van der Waals surface area contributed by atoms with E-state index in [9.17, 15) is 4.79 Å². The molecule has 0 saturated heterocycles. The molecule has 0 unspecified atom stereocenters. The summed E-state index contributed by atoms with van der Waals surface area (Å²) in [4.78, 5) is 15.3. The molecule has 0 aromatic heterocycles. The van der Waals surface area contributed by atoms with Crippen molar-refractivity contribution in [2.45, 2.75) is 12.8 Å². The van der Waals surface area contributed by atoms with Gasteiger partial charge in [0.15, 0.2) is 0 Å². The molecule has 6 heteroatoms. The number of fused-ring (bicyclic) bond motifs is 1. The van der Waals surface area contributed by atoms with E-state index in [0.717, 1.165) is 34.0 Å². The largest absolute Gasteiger partial charge is 0.497 e. The predicted molar refractivity (Wildman–Crippen MR) is 135 cm³/mol. The van der Waals surface area contributed by atoms with Crippen LogP contribution in [0.4, 0.5) is 11.4 Å². The normalized spacial score (nSPS) is 14.8. The number of halogens is 1. The molecule has 1 atom stereocenters. The highest BCUT2D eigenvalue weighted by atomic mass is 35.5. The third kappa shape index (κ3) is 4.30. The quantitative estimate of drug-likeness (QED) is 0.340. The number of nitrogens with zero attached hydrogens (tertiary/aromatic N) is 1. The lowest BCUT2D eigenvalue weighted by atomic mass is 10.0. The summed E-state index contributed by atoms with van der Waals surface area (Å²) in [5.74, 6) is 1.39. The number of methoxy groups -OCH3 is 1. The van der Waals surface area contributed by atoms with Gasteiger partial charge in [0.2, 0.25) is 0 Å². The van der Waals surface area contributed by atoms with Gasteiger partial charge in [0.05, 0.1) is 12.7 Å². The van der Waals surface area contributed by atoms with Crippen molar-refractivity contribution >= 4 is 28.9 Å². The fraction of sp³-hybridized carbons (Fsp3) is 0.107. The maximum atomic E-state index is 13.5. The van der Waals surface area contributed by atoms with Crippen molar-refractivity contribution in [2.24, 2.45) is 0 Å². The van der Waals surface area contributed by atoms with E-state index in [1.165, 1.54) is 0 Å². The molecule has 170 valence electrons. The Labute approximate surface area is 203 Å². The molecule has 5 nitrogen and oxygen atoms in total. The maximum absolute atomic E-state index is 13.5. The molecule has 0 bridgehead atoms. The maximum Gasteiger partial charge on any atom is 0.262 e. The second-order valence-electron chi connectivity index (χ2n) is 7.91. The first-order valence-electron chi connectivity index (χ1n) is 10.9. The molecule has 0 saturated carbocycles. The lowest BCUT2D eigenvalue weighted by Crippen LogP contribution is -2.43. The first kappa shape index (κ1) is 21.9. The van der Waals surface area contributed by atoms with E-state index in [2.05, 4.69) is 5.32 Å². The van der Waals surface area contributed by atoms with Crippen LogP contribution >= 0.6 is 11.6 Å². The van der Waals surface area contributed by atoms with Gasteiger partial charge < -0.3 is 14.8 Å². The first-order chi connectivity index (χ1) is 16.6. The number of ether oxygens (including phenoxy) is 2. The third-order valence-electron chi connectivity index (χ3n) is 5.83. The molecule has 0 fully saturated rings. The smallest absolute Gasteiger partial charge is 0.262 e. The number of anilines is 2. The number of nitrogens with one attached hydrogen (secondary N) is 1. The molecule has 0 aliphatic carbocycles. The summed E-state index contributed by atoms with van der Waals surface area (Å²) in [5, 5.41) is 4.20. The van der Waals surface area contributed by atoms with Gasteiger partial charge in [-0.1, -0.05) is 54.1 Å². The van der Waals surface area contributed by atoms with Gasteiger partial charge in [-0.05, 0) is 60.2 Å². The Balaban J connectivity index is 1.43. The summed E-state index contributed by atoms with van der Waals surface area (Å²) in [7, 11) is 1.62. The molecule has 5 rings (SSSR count). The van der Waals surface area contributed by atoms with Crippen LogP contribution in [-0.2, 0) is 6.61 Å². The van der Waals surface area contributed by atoms with Crippen LogP contribution in [0.2, 0.25) is 5.02 Å². The van der Waals surface area contributed by atoms with Gasteiger partial charge in [0.1, 0.15) is 24.3 Å². The average molecular weight is 471 g/mol. The molecule has 1 heterocycles. The number of carbonyl (C=O) groups excluding carboxylic acids is 1. The van der Waals surface area contributed by atoms with Gasteiger partial charge >= 0.3 is 0 Å². The Bertz CT molecular complexity index is 1310. The number of para-hydroxylation sites is 1. The van der Waals surface area contributed by atoms with E-state index in [1.54, 1.807) is 12.0 Å². The summed E-state index contributed by atoms with van der Waals surface area (Å²) < 4.78 is 11.2. The average Bonchev–Trinajstić information content (AvgIpc) is 2.89. The van der Waals surface area contributed by atoms with Crippen LogP contribution in [-0.4, -0.2) is 13.0 Å². The molecule has 1 amide bonds. The summed E-state index contributed by atoms with van der Waals surface area (Å²) in [6.07, 6.45) is -0.381. The fourth-order valence-electron chi connectivity index (χ4n) is 4.02. The lowest BCUT2D eigenvalue weighted by molar-refractivity contribution is 0.0975. The second-order valence-corrected chi connectivity index (χ2v) is 8.32. The number of amides is 1. The van der Waals surface area contributed by atoms with Crippen LogP contribution in [0.3, 0.4) is 0 Å². The molecule has 4 aromatic rings. The second kappa shape index (κ2) is 9.49. The van der Waals surface area contributed by atoms with Crippen LogP contribution < -0.4 is 19.7 Å². The number of hydrogen-bond acceptors (Lipinski definition) is 4. The topological polar surface area (TPSA) is 50.8 Å². The molecule has 1 aliphatic rings. The minimum atomic E-state index is -0.381. The molecule has 0 spiro atoms. The molecule has 1 N–H and O–H groups in total. The summed E-state index contributed by atoms with van der Waals surface area (Å²) >= 11 is 6.23. The Morgan fingerprint density at radius 2 is 1.53 bits per heavy atom. The molecule has 4 aromatic carbocycles. The van der Waals surface area contributed by atoms with Crippen molar-refractivity contribution in [3.8, 4) is 11.5 Å². The number of carbonyl (C=O) groups is 1. The number of benzene rings is 4. The zero-order valence-electron chi connectivity index (χ0n) is 18.6. The van der Waals surface area contributed by atoms with E-state index in [1.807, 2.05) is 97.1 Å². The lowest BCUT2D eigenvalue weighted by Gasteiger charge is -2.38. The van der Waals surface area contributed by atoms with Crippen LogP contribution in [0.5, 0.6) is 11.5 Å². The minimum absolute atomic E-state index is 0.0661. The highest BCUT2D eigenvalue weighted by Crippen LogP contribution is 2.37. The van der Waals surface area contributed by atoms with Crippen LogP contribution in [0, 0.1) is 0 Å². The monoisotopic (exact) mass is 470 g/mol. The predicted octanol–water partition coefficient (Wildman–Crippen LogP) is 6.70. The van der Waals surface area contributed by atoms with Crippen molar-refractivity contribution < 1.29 is 14.3 Å². The Kier molecular flexibility index (Phi) is 6.11. The third-order valence-corrected chi connectivity index (χ3v) is 6.19. The van der Waals surface area contributed by atoms with Crippen LogP contribution in [0.1, 0.15) is 27.7 Å². The Morgan fingerprint density at radius 1 is 0.853 bits per heavy atom. The minimum Gasteiger partial charge on any atom is -0.497 e. The summed E-state index contributed by atoms with van der Waals surface area (Å²) in [6.45, 7) is 0.379. The first-order valence-corrected chi connectivity index (χ1v) is 11.3. The molecule has 1 aliphatic heterocycles. The van der Waals surface area contributed by atoms with Crippen molar-refractivity contribution in [3.63, 3.8) is 0 Å². The SMILES string of the molecule is COc1ccc(N2C(=O)c3ccccc3N[C@@H]2c2ccc(OCc3ccccc3Cl)cc2)cc1. The summed E-state index contributed by atoms with van der Waals surface area (Å²) in [5.41, 5.74) is 4.08. The zero-order chi connectivity index (χ0) is 23.5. The molecular weight excluding hydrogens is 448 g/mol.